The van der Waals surface area contributed by atoms with E-state index in [1.807, 2.05) is 24.3 Å². The highest BCUT2D eigenvalue weighted by Crippen LogP contribution is 2.44. The molecule has 1 aliphatic rings. The van der Waals surface area contributed by atoms with E-state index in [4.69, 9.17) is 14.6 Å². The molecule has 0 heterocycles. The Morgan fingerprint density at radius 1 is 1.00 bits per heavy atom. The first-order chi connectivity index (χ1) is 15.6. The fraction of sp³-hybridized carbons (Fsp3) is 0.154. The molecule has 0 bridgehead atoms. The van der Waals surface area contributed by atoms with Gasteiger partial charge in [-0.3, -0.25) is 0 Å². The number of nitrogens with one attached hydrogen (secondary N) is 1. The molecule has 6 heteroatoms. The van der Waals surface area contributed by atoms with Crippen molar-refractivity contribution in [1.29, 1.82) is 0 Å². The molecule has 0 fully saturated rings. The highest BCUT2D eigenvalue weighted by Gasteiger charge is 2.28. The van der Waals surface area contributed by atoms with Crippen molar-refractivity contribution in [1.82, 2.24) is 5.32 Å². The van der Waals surface area contributed by atoms with Crippen molar-refractivity contribution in [3.63, 3.8) is 0 Å². The summed E-state index contributed by atoms with van der Waals surface area (Å²) in [6.45, 7) is 0.522. The Morgan fingerprint density at radius 2 is 1.66 bits per heavy atom. The van der Waals surface area contributed by atoms with Crippen LogP contribution in [0.15, 0.2) is 72.8 Å². The SMILES string of the molecule is COc1cc(C(=O)O)ccc1C=CCNC(=O)OCC1c2ccccc2-c2ccccc21. The average molecular weight is 429 g/mol. The molecule has 0 aromatic heterocycles. The molecule has 0 saturated carbocycles. The number of carbonyl (C=O) groups excluding carboxylic acids is 1. The van der Waals surface area contributed by atoms with Crippen molar-refractivity contribution in [3.05, 3.63) is 95.1 Å². The number of carboxylic acid groups (broad SMARTS) is 1. The normalized spacial score (nSPS) is 12.3. The van der Waals surface area contributed by atoms with Crippen LogP contribution in [0.5, 0.6) is 5.75 Å². The van der Waals surface area contributed by atoms with Crippen molar-refractivity contribution >= 4 is 18.1 Å². The topological polar surface area (TPSA) is 84.9 Å². The minimum absolute atomic E-state index is 0.0145. The van der Waals surface area contributed by atoms with Crippen LogP contribution in [-0.4, -0.2) is 37.4 Å². The van der Waals surface area contributed by atoms with E-state index < -0.39 is 12.1 Å². The van der Waals surface area contributed by atoms with Crippen LogP contribution in [-0.2, 0) is 4.74 Å². The Labute approximate surface area is 186 Å². The van der Waals surface area contributed by atoms with Crippen LogP contribution in [0.3, 0.4) is 0 Å². The first kappa shape index (κ1) is 21.2. The molecule has 0 unspecified atom stereocenters. The van der Waals surface area contributed by atoms with Crippen LogP contribution >= 0.6 is 0 Å². The number of methoxy groups -OCH3 is 1. The number of hydrogen-bond donors (Lipinski definition) is 2. The van der Waals surface area contributed by atoms with Crippen molar-refractivity contribution in [2.75, 3.05) is 20.3 Å². The maximum absolute atomic E-state index is 12.2. The number of fused-ring (bicyclic) bond motifs is 3. The summed E-state index contributed by atoms with van der Waals surface area (Å²) >= 11 is 0. The van der Waals surface area contributed by atoms with E-state index in [-0.39, 0.29) is 24.6 Å². The second-order valence-corrected chi connectivity index (χ2v) is 7.37. The van der Waals surface area contributed by atoms with Gasteiger partial charge in [0.1, 0.15) is 12.4 Å². The number of benzene rings is 3. The summed E-state index contributed by atoms with van der Waals surface area (Å²) in [7, 11) is 1.48. The number of ether oxygens (including phenoxy) is 2. The zero-order valence-electron chi connectivity index (χ0n) is 17.6. The maximum Gasteiger partial charge on any atom is 0.407 e. The second-order valence-electron chi connectivity index (χ2n) is 7.37. The summed E-state index contributed by atoms with van der Waals surface area (Å²) in [5, 5.41) is 11.8. The molecular weight excluding hydrogens is 406 g/mol. The summed E-state index contributed by atoms with van der Waals surface area (Å²) in [5.41, 5.74) is 5.56. The van der Waals surface area contributed by atoms with Crippen molar-refractivity contribution in [2.45, 2.75) is 5.92 Å². The van der Waals surface area contributed by atoms with E-state index in [1.165, 1.54) is 41.5 Å². The molecule has 0 radical (unpaired) electrons. The number of rotatable bonds is 7. The average Bonchev–Trinajstić information content (AvgIpc) is 3.14. The molecule has 0 atom stereocenters. The largest absolute Gasteiger partial charge is 0.496 e. The highest BCUT2D eigenvalue weighted by atomic mass is 16.5. The Morgan fingerprint density at radius 3 is 2.28 bits per heavy atom. The Hall–Kier alpha value is -4.06. The summed E-state index contributed by atoms with van der Waals surface area (Å²) in [4.78, 5) is 23.3. The van der Waals surface area contributed by atoms with Gasteiger partial charge >= 0.3 is 12.1 Å². The van der Waals surface area contributed by atoms with E-state index >= 15 is 0 Å². The molecule has 3 aromatic carbocycles. The fourth-order valence-electron chi connectivity index (χ4n) is 3.96. The van der Waals surface area contributed by atoms with Gasteiger partial charge in [0.05, 0.1) is 12.7 Å². The van der Waals surface area contributed by atoms with Crippen molar-refractivity contribution < 1.29 is 24.2 Å². The van der Waals surface area contributed by atoms with Crippen LogP contribution in [0.1, 0.15) is 33.0 Å². The predicted octanol–water partition coefficient (Wildman–Crippen LogP) is 4.95. The van der Waals surface area contributed by atoms with E-state index in [9.17, 15) is 9.59 Å². The Bertz CT molecular complexity index is 1140. The molecule has 3 aromatic rings. The van der Waals surface area contributed by atoms with E-state index in [2.05, 4.69) is 29.6 Å². The van der Waals surface area contributed by atoms with Gasteiger partial charge in [-0.2, -0.15) is 0 Å². The van der Waals surface area contributed by atoms with Gasteiger partial charge in [0.25, 0.3) is 0 Å². The molecule has 0 spiro atoms. The third kappa shape index (κ3) is 4.34. The van der Waals surface area contributed by atoms with Crippen LogP contribution < -0.4 is 10.1 Å². The molecule has 0 aliphatic heterocycles. The number of hydrogen-bond acceptors (Lipinski definition) is 4. The van der Waals surface area contributed by atoms with Crippen LogP contribution in [0.2, 0.25) is 0 Å². The smallest absolute Gasteiger partial charge is 0.407 e. The molecule has 0 saturated heterocycles. The molecule has 1 amide bonds. The van der Waals surface area contributed by atoms with Gasteiger partial charge in [-0.25, -0.2) is 9.59 Å². The molecule has 32 heavy (non-hydrogen) atoms. The van der Waals surface area contributed by atoms with E-state index in [0.29, 0.717) is 11.3 Å². The lowest BCUT2D eigenvalue weighted by Gasteiger charge is -2.14. The first-order valence-corrected chi connectivity index (χ1v) is 10.2. The minimum atomic E-state index is -1.02. The molecule has 4 rings (SSSR count). The lowest BCUT2D eigenvalue weighted by molar-refractivity contribution is 0.0696. The van der Waals surface area contributed by atoms with E-state index in [0.717, 1.165) is 0 Å². The van der Waals surface area contributed by atoms with Gasteiger partial charge in [0.2, 0.25) is 0 Å². The lowest BCUT2D eigenvalue weighted by Crippen LogP contribution is -2.26. The van der Waals surface area contributed by atoms with Gasteiger partial charge in [-0.05, 0) is 34.4 Å². The molecule has 6 nitrogen and oxygen atoms in total. The number of alkyl carbamates (subject to hydrolysis) is 1. The standard InChI is InChI=1S/C26H23NO5/c1-31-24-15-18(25(28)29)13-12-17(24)7-6-14-27-26(30)32-16-23-21-10-4-2-8-19(21)20-9-3-5-11-22(20)23/h2-13,15,23H,14,16H2,1H3,(H,27,30)(H,28,29). The number of amides is 1. The molecule has 162 valence electrons. The second kappa shape index (κ2) is 9.39. The molecule has 1 aliphatic carbocycles. The van der Waals surface area contributed by atoms with Gasteiger partial charge in [-0.15, -0.1) is 0 Å². The molecular formula is C26H23NO5. The van der Waals surface area contributed by atoms with Gasteiger partial charge < -0.3 is 19.9 Å². The quantitative estimate of drug-likeness (QED) is 0.555. The summed E-state index contributed by atoms with van der Waals surface area (Å²) < 4.78 is 10.7. The summed E-state index contributed by atoms with van der Waals surface area (Å²) in [5.74, 6) is -0.557. The predicted molar refractivity (Wildman–Crippen MR) is 122 cm³/mol. The number of carboxylic acids is 1. The molecule has 2 N–H and O–H groups in total. The monoisotopic (exact) mass is 429 g/mol. The zero-order valence-corrected chi connectivity index (χ0v) is 17.6. The summed E-state index contributed by atoms with van der Waals surface area (Å²) in [6.07, 6.45) is 3.01. The first-order valence-electron chi connectivity index (χ1n) is 10.2. The van der Waals surface area contributed by atoms with Gasteiger partial charge in [-0.1, -0.05) is 66.7 Å². The van der Waals surface area contributed by atoms with Crippen LogP contribution in [0.4, 0.5) is 4.79 Å². The minimum Gasteiger partial charge on any atom is -0.496 e. The number of carbonyl (C=O) groups is 2. The van der Waals surface area contributed by atoms with Crippen LogP contribution in [0, 0.1) is 0 Å². The third-order valence-electron chi connectivity index (χ3n) is 5.49. The van der Waals surface area contributed by atoms with Gasteiger partial charge in [0, 0.05) is 18.0 Å². The zero-order chi connectivity index (χ0) is 22.5. The number of aromatic carboxylic acids is 1. The third-order valence-corrected chi connectivity index (χ3v) is 5.49. The summed E-state index contributed by atoms with van der Waals surface area (Å²) in [6, 6.07) is 21.0. The Balaban J connectivity index is 1.33. The maximum atomic E-state index is 12.2. The highest BCUT2D eigenvalue weighted by molar-refractivity contribution is 5.88. The van der Waals surface area contributed by atoms with Crippen molar-refractivity contribution in [2.24, 2.45) is 0 Å². The fourth-order valence-corrected chi connectivity index (χ4v) is 3.96. The van der Waals surface area contributed by atoms with Crippen LogP contribution in [0.25, 0.3) is 17.2 Å². The Kier molecular flexibility index (Phi) is 6.22. The lowest BCUT2D eigenvalue weighted by atomic mass is 9.98. The van der Waals surface area contributed by atoms with Crippen molar-refractivity contribution in [3.8, 4) is 16.9 Å². The van der Waals surface area contributed by atoms with E-state index in [1.54, 1.807) is 18.2 Å². The van der Waals surface area contributed by atoms with Gasteiger partial charge in [0.15, 0.2) is 0 Å².